The number of hydrogen-bond acceptors (Lipinski definition) is 7. The van der Waals surface area contributed by atoms with Gasteiger partial charge < -0.3 is 9.80 Å². The summed E-state index contributed by atoms with van der Waals surface area (Å²) < 4.78 is 1.01. The predicted molar refractivity (Wildman–Crippen MR) is 94.5 cm³/mol. The average Bonchev–Trinajstić information content (AvgIpc) is 3.07. The summed E-state index contributed by atoms with van der Waals surface area (Å²) in [4.78, 5) is 28.9. The molecule has 8 heteroatoms. The summed E-state index contributed by atoms with van der Waals surface area (Å²) in [6.07, 6.45) is 3.08. The van der Waals surface area contributed by atoms with Crippen LogP contribution in [0, 0.1) is 11.3 Å². The van der Waals surface area contributed by atoms with Gasteiger partial charge in [-0.15, -0.1) is 11.3 Å². The van der Waals surface area contributed by atoms with E-state index in [1.54, 1.807) is 16.6 Å². The second-order valence-electron chi connectivity index (χ2n) is 5.85. The molecule has 1 fully saturated rings. The molecule has 1 aromatic carbocycles. The highest BCUT2D eigenvalue weighted by molar-refractivity contribution is 7.16. The van der Waals surface area contributed by atoms with Crippen LogP contribution < -0.4 is 4.90 Å². The van der Waals surface area contributed by atoms with Gasteiger partial charge in [0, 0.05) is 38.1 Å². The Kier molecular flexibility index (Phi) is 3.78. The highest BCUT2D eigenvalue weighted by atomic mass is 32.1. The standard InChI is InChI=1S/C17H14N6OS/c1-22(17(24)11-2-3-13-15(6-11)25-10-21-13)12-8-23(9-12)16-14(7-18)19-4-5-20-16/h2-6,10,12H,8-9H2,1H3. The molecule has 7 nitrogen and oxygen atoms in total. The molecule has 0 N–H and O–H groups in total. The molecule has 4 rings (SSSR count). The van der Waals surface area contributed by atoms with Gasteiger partial charge in [0.15, 0.2) is 11.5 Å². The molecular formula is C17H14N6OS. The molecular weight excluding hydrogens is 336 g/mol. The Morgan fingerprint density at radius 3 is 2.92 bits per heavy atom. The van der Waals surface area contributed by atoms with Crippen LogP contribution in [0.2, 0.25) is 0 Å². The predicted octanol–water partition coefficient (Wildman–Crippen LogP) is 1.92. The minimum absolute atomic E-state index is 0.0143. The van der Waals surface area contributed by atoms with Crippen LogP contribution in [0.5, 0.6) is 0 Å². The van der Waals surface area contributed by atoms with Gasteiger partial charge in [-0.1, -0.05) is 0 Å². The van der Waals surface area contributed by atoms with Gasteiger partial charge in [0.1, 0.15) is 6.07 Å². The number of hydrogen-bond donors (Lipinski definition) is 0. The van der Waals surface area contributed by atoms with E-state index in [-0.39, 0.29) is 11.9 Å². The lowest BCUT2D eigenvalue weighted by Crippen LogP contribution is -2.60. The lowest BCUT2D eigenvalue weighted by Gasteiger charge is -2.44. The highest BCUT2D eigenvalue weighted by Gasteiger charge is 2.34. The first-order valence-corrected chi connectivity index (χ1v) is 8.62. The zero-order valence-corrected chi connectivity index (χ0v) is 14.3. The molecule has 0 bridgehead atoms. The minimum Gasteiger partial charge on any atom is -0.350 e. The van der Waals surface area contributed by atoms with Crippen molar-refractivity contribution in [2.24, 2.45) is 0 Å². The Labute approximate surface area is 148 Å². The summed E-state index contributed by atoms with van der Waals surface area (Å²) in [5.41, 5.74) is 3.66. The first-order valence-electron chi connectivity index (χ1n) is 7.74. The fourth-order valence-corrected chi connectivity index (χ4v) is 3.59. The second-order valence-corrected chi connectivity index (χ2v) is 6.74. The van der Waals surface area contributed by atoms with Gasteiger partial charge in [0.2, 0.25) is 0 Å². The van der Waals surface area contributed by atoms with Crippen LogP contribution in [0.25, 0.3) is 10.2 Å². The number of nitrogens with zero attached hydrogens (tertiary/aromatic N) is 6. The zero-order valence-electron chi connectivity index (χ0n) is 13.5. The molecule has 124 valence electrons. The summed E-state index contributed by atoms with van der Waals surface area (Å²) >= 11 is 1.52. The van der Waals surface area contributed by atoms with Crippen LogP contribution in [0.1, 0.15) is 16.1 Å². The van der Waals surface area contributed by atoms with Crippen LogP contribution in [0.3, 0.4) is 0 Å². The van der Waals surface area contributed by atoms with E-state index in [1.807, 2.05) is 30.1 Å². The molecule has 1 aliphatic heterocycles. The summed E-state index contributed by atoms with van der Waals surface area (Å²) in [5, 5.41) is 9.12. The van der Waals surface area contributed by atoms with E-state index in [0.717, 1.165) is 10.2 Å². The first-order chi connectivity index (χ1) is 12.2. The first kappa shape index (κ1) is 15.5. The number of carbonyl (C=O) groups excluding carboxylic acids is 1. The summed E-state index contributed by atoms with van der Waals surface area (Å²) in [6.45, 7) is 1.27. The van der Waals surface area contributed by atoms with Crippen molar-refractivity contribution in [3.8, 4) is 6.07 Å². The maximum atomic E-state index is 12.7. The number of anilines is 1. The molecule has 0 spiro atoms. The summed E-state index contributed by atoms with van der Waals surface area (Å²) in [6, 6.07) is 7.71. The molecule has 0 unspecified atom stereocenters. The Balaban J connectivity index is 1.46. The molecule has 0 atom stereocenters. The van der Waals surface area contributed by atoms with Crippen molar-refractivity contribution in [1.82, 2.24) is 19.9 Å². The monoisotopic (exact) mass is 350 g/mol. The molecule has 1 amide bonds. The van der Waals surface area contributed by atoms with Gasteiger partial charge in [-0.25, -0.2) is 15.0 Å². The van der Waals surface area contributed by atoms with Crippen molar-refractivity contribution >= 4 is 33.3 Å². The van der Waals surface area contributed by atoms with E-state index in [9.17, 15) is 4.79 Å². The minimum atomic E-state index is -0.0143. The van der Waals surface area contributed by atoms with Crippen molar-refractivity contribution in [2.75, 3.05) is 25.0 Å². The van der Waals surface area contributed by atoms with Gasteiger partial charge in [0.25, 0.3) is 5.91 Å². The maximum absolute atomic E-state index is 12.7. The Morgan fingerprint density at radius 2 is 2.12 bits per heavy atom. The quantitative estimate of drug-likeness (QED) is 0.717. The number of nitriles is 1. The van der Waals surface area contributed by atoms with Crippen LogP contribution in [-0.2, 0) is 0 Å². The number of thiazole rings is 1. The third-order valence-electron chi connectivity index (χ3n) is 4.39. The van der Waals surface area contributed by atoms with Crippen molar-refractivity contribution in [3.63, 3.8) is 0 Å². The zero-order chi connectivity index (χ0) is 17.4. The Bertz CT molecular complexity index is 988. The number of fused-ring (bicyclic) bond motifs is 1. The molecule has 0 radical (unpaired) electrons. The van der Waals surface area contributed by atoms with E-state index in [2.05, 4.69) is 21.0 Å². The number of aromatic nitrogens is 3. The molecule has 0 saturated carbocycles. The van der Waals surface area contributed by atoms with Crippen molar-refractivity contribution in [1.29, 1.82) is 5.26 Å². The number of carbonyl (C=O) groups is 1. The molecule has 3 aromatic rings. The fourth-order valence-electron chi connectivity index (χ4n) is 2.87. The molecule has 2 aromatic heterocycles. The van der Waals surface area contributed by atoms with Crippen LogP contribution in [0.4, 0.5) is 5.82 Å². The molecule has 0 aliphatic carbocycles. The van der Waals surface area contributed by atoms with Crippen LogP contribution in [-0.4, -0.2) is 51.9 Å². The van der Waals surface area contributed by atoms with Gasteiger partial charge in [0.05, 0.1) is 21.8 Å². The third-order valence-corrected chi connectivity index (χ3v) is 5.18. The van der Waals surface area contributed by atoms with Crippen LogP contribution in [0.15, 0.2) is 36.1 Å². The van der Waals surface area contributed by atoms with E-state index in [1.165, 1.54) is 17.5 Å². The largest absolute Gasteiger partial charge is 0.350 e. The van der Waals surface area contributed by atoms with E-state index < -0.39 is 0 Å². The maximum Gasteiger partial charge on any atom is 0.254 e. The summed E-state index contributed by atoms with van der Waals surface area (Å²) in [5.74, 6) is 0.563. The molecule has 25 heavy (non-hydrogen) atoms. The van der Waals surface area contributed by atoms with Gasteiger partial charge >= 0.3 is 0 Å². The Morgan fingerprint density at radius 1 is 1.32 bits per heavy atom. The lowest BCUT2D eigenvalue weighted by molar-refractivity contribution is 0.0705. The van der Waals surface area contributed by atoms with Crippen LogP contribution >= 0.6 is 11.3 Å². The van der Waals surface area contributed by atoms with Crippen molar-refractivity contribution in [2.45, 2.75) is 6.04 Å². The fraction of sp³-hybridized carbons (Fsp3) is 0.235. The molecule has 1 saturated heterocycles. The average molecular weight is 350 g/mol. The van der Waals surface area contributed by atoms with Gasteiger partial charge in [-0.05, 0) is 18.2 Å². The number of likely N-dealkylation sites (N-methyl/N-ethyl adjacent to an activating group) is 1. The lowest BCUT2D eigenvalue weighted by atomic mass is 10.1. The van der Waals surface area contributed by atoms with Gasteiger partial charge in [-0.2, -0.15) is 5.26 Å². The Hall–Kier alpha value is -3.05. The van der Waals surface area contributed by atoms with Crippen molar-refractivity contribution in [3.05, 3.63) is 47.4 Å². The van der Waals surface area contributed by atoms with Gasteiger partial charge in [-0.3, -0.25) is 4.79 Å². The molecule has 3 heterocycles. The highest BCUT2D eigenvalue weighted by Crippen LogP contribution is 2.25. The number of benzene rings is 1. The van der Waals surface area contributed by atoms with E-state index in [4.69, 9.17) is 5.26 Å². The smallest absolute Gasteiger partial charge is 0.254 e. The number of rotatable bonds is 3. The summed E-state index contributed by atoms with van der Waals surface area (Å²) in [7, 11) is 1.81. The second kappa shape index (κ2) is 6.11. The van der Waals surface area contributed by atoms with Crippen molar-refractivity contribution < 1.29 is 4.79 Å². The third kappa shape index (κ3) is 2.68. The number of amides is 1. The molecule has 1 aliphatic rings. The topological polar surface area (TPSA) is 86.0 Å². The SMILES string of the molecule is CN(C(=O)c1ccc2ncsc2c1)C1CN(c2nccnc2C#N)C1. The van der Waals surface area contributed by atoms with E-state index >= 15 is 0 Å². The normalized spacial score (nSPS) is 14.2. The van der Waals surface area contributed by atoms with E-state index in [0.29, 0.717) is 30.2 Å².